The molecule has 0 saturated heterocycles. The Labute approximate surface area is 126 Å². The number of hydrogen-bond donors (Lipinski definition) is 2. The molecule has 0 aliphatic rings. The first-order chi connectivity index (χ1) is 9.38. The summed E-state index contributed by atoms with van der Waals surface area (Å²) in [6.45, 7) is 3.89. The lowest BCUT2D eigenvalue weighted by atomic mass is 10.1. The number of rotatable bonds is 3. The molecule has 0 saturated carbocycles. The summed E-state index contributed by atoms with van der Waals surface area (Å²) in [6, 6.07) is 3.18. The zero-order valence-electron chi connectivity index (χ0n) is 11.6. The normalized spacial score (nSPS) is 12.2. The average molecular weight is 337 g/mol. The van der Waals surface area contributed by atoms with E-state index in [1.165, 1.54) is 0 Å². The molecule has 2 aromatic rings. The lowest BCUT2D eigenvalue weighted by Crippen LogP contribution is -2.28. The highest BCUT2D eigenvalue weighted by atomic mass is 79.9. The smallest absolute Gasteiger partial charge is 0.246 e. The van der Waals surface area contributed by atoms with Crippen molar-refractivity contribution in [2.45, 2.75) is 19.9 Å². The quantitative estimate of drug-likeness (QED) is 0.904. The molecule has 1 aromatic heterocycles. The Hall–Kier alpha value is -1.66. The number of aromatic nitrogens is 2. The first kappa shape index (κ1) is 14.7. The number of nitrogens with two attached hydrogens (primary N) is 1. The molecule has 2 rings (SSSR count). The molecule has 5 nitrogen and oxygen atoms in total. The van der Waals surface area contributed by atoms with Crippen molar-refractivity contribution in [1.82, 2.24) is 9.78 Å². The Kier molecular flexibility index (Phi) is 4.25. The van der Waals surface area contributed by atoms with Crippen LogP contribution in [-0.4, -0.2) is 15.7 Å². The van der Waals surface area contributed by atoms with E-state index >= 15 is 0 Å². The molecule has 20 heavy (non-hydrogen) atoms. The minimum absolute atomic E-state index is 0.244. The van der Waals surface area contributed by atoms with Gasteiger partial charge in [0.25, 0.3) is 0 Å². The van der Waals surface area contributed by atoms with E-state index in [2.05, 4.69) is 26.3 Å². The molecule has 0 aliphatic carbocycles. The second-order valence-corrected chi connectivity index (χ2v) is 5.74. The van der Waals surface area contributed by atoms with Crippen LogP contribution in [0.15, 0.2) is 29.0 Å². The highest BCUT2D eigenvalue weighted by molar-refractivity contribution is 9.10. The third-order valence-corrected chi connectivity index (χ3v) is 3.57. The van der Waals surface area contributed by atoms with E-state index in [0.29, 0.717) is 5.56 Å². The molecular weight excluding hydrogens is 320 g/mol. The largest absolute Gasteiger partial charge is 0.324 e. The molecule has 1 unspecified atom stereocenters. The van der Waals surface area contributed by atoms with Crippen LogP contribution in [0.2, 0.25) is 0 Å². The molecule has 1 aromatic carbocycles. The van der Waals surface area contributed by atoms with Crippen LogP contribution in [0.1, 0.15) is 22.7 Å². The minimum Gasteiger partial charge on any atom is -0.324 e. The van der Waals surface area contributed by atoms with E-state index in [4.69, 9.17) is 5.73 Å². The number of halogens is 1. The number of amides is 1. The Bertz CT molecular complexity index is 627. The molecule has 106 valence electrons. The van der Waals surface area contributed by atoms with E-state index < -0.39 is 6.04 Å². The molecule has 0 spiro atoms. The molecular formula is C14H17BrN4O. The van der Waals surface area contributed by atoms with Gasteiger partial charge in [-0.25, -0.2) is 0 Å². The van der Waals surface area contributed by atoms with Crippen LogP contribution >= 0.6 is 15.9 Å². The monoisotopic (exact) mass is 336 g/mol. The maximum Gasteiger partial charge on any atom is 0.246 e. The van der Waals surface area contributed by atoms with Gasteiger partial charge in [-0.3, -0.25) is 9.48 Å². The van der Waals surface area contributed by atoms with E-state index in [0.717, 1.165) is 21.3 Å². The van der Waals surface area contributed by atoms with Gasteiger partial charge in [0, 0.05) is 29.0 Å². The average Bonchev–Trinajstić information content (AvgIpc) is 2.79. The van der Waals surface area contributed by atoms with Gasteiger partial charge in [0.05, 0.1) is 6.20 Å². The van der Waals surface area contributed by atoms with Gasteiger partial charge < -0.3 is 11.1 Å². The Balaban J connectivity index is 2.20. The fraction of sp³-hybridized carbons (Fsp3) is 0.286. The predicted molar refractivity (Wildman–Crippen MR) is 82.4 cm³/mol. The Morgan fingerprint density at radius 2 is 2.00 bits per heavy atom. The number of benzene rings is 1. The zero-order valence-corrected chi connectivity index (χ0v) is 13.2. The first-order valence-corrected chi connectivity index (χ1v) is 6.99. The van der Waals surface area contributed by atoms with Crippen molar-refractivity contribution in [3.8, 4) is 0 Å². The highest BCUT2D eigenvalue weighted by Crippen LogP contribution is 2.26. The lowest BCUT2D eigenvalue weighted by molar-refractivity contribution is -0.117. The van der Waals surface area contributed by atoms with Gasteiger partial charge in [0.15, 0.2) is 0 Å². The van der Waals surface area contributed by atoms with Gasteiger partial charge >= 0.3 is 0 Å². The number of anilines is 1. The maximum atomic E-state index is 12.2. The summed E-state index contributed by atoms with van der Waals surface area (Å²) in [6.07, 6.45) is 3.34. The fourth-order valence-corrected chi connectivity index (χ4v) is 2.75. The van der Waals surface area contributed by atoms with Crippen LogP contribution in [0.25, 0.3) is 0 Å². The summed E-state index contributed by atoms with van der Waals surface area (Å²) in [7, 11) is 1.79. The summed E-state index contributed by atoms with van der Waals surface area (Å²) in [5.41, 5.74) is 9.43. The number of carbonyl (C=O) groups is 1. The summed E-state index contributed by atoms with van der Waals surface area (Å²) >= 11 is 3.43. The topological polar surface area (TPSA) is 72.9 Å². The van der Waals surface area contributed by atoms with Gasteiger partial charge in [0.1, 0.15) is 6.04 Å². The Morgan fingerprint density at radius 1 is 1.40 bits per heavy atom. The van der Waals surface area contributed by atoms with Crippen molar-refractivity contribution < 1.29 is 4.79 Å². The number of carbonyl (C=O) groups excluding carboxylic acids is 1. The van der Waals surface area contributed by atoms with Crippen molar-refractivity contribution in [2.75, 3.05) is 5.32 Å². The molecule has 1 heterocycles. The van der Waals surface area contributed by atoms with Gasteiger partial charge in [-0.15, -0.1) is 0 Å². The third-order valence-electron chi connectivity index (χ3n) is 3.11. The number of hydrogen-bond acceptors (Lipinski definition) is 3. The minimum atomic E-state index is -0.730. The molecule has 1 amide bonds. The van der Waals surface area contributed by atoms with Gasteiger partial charge in [-0.05, 0) is 37.1 Å². The maximum absolute atomic E-state index is 12.2. The number of aryl methyl sites for hydroxylation is 3. The summed E-state index contributed by atoms with van der Waals surface area (Å²) in [5.74, 6) is -0.244. The van der Waals surface area contributed by atoms with Gasteiger partial charge in [0.2, 0.25) is 5.91 Å². The summed E-state index contributed by atoms with van der Waals surface area (Å²) in [5, 5.41) is 6.92. The molecule has 0 aliphatic heterocycles. The van der Waals surface area contributed by atoms with Crippen LogP contribution in [0.4, 0.5) is 5.69 Å². The molecule has 0 radical (unpaired) electrons. The zero-order chi connectivity index (χ0) is 14.9. The standard InChI is InChI=1S/C14H17BrN4O/c1-8-4-11(15)5-9(2)13(8)18-14(20)12(16)10-6-17-19(3)7-10/h4-7,12H,16H2,1-3H3,(H,18,20). The van der Waals surface area contributed by atoms with Crippen molar-refractivity contribution in [3.63, 3.8) is 0 Å². The molecule has 3 N–H and O–H groups in total. The van der Waals surface area contributed by atoms with Crippen LogP contribution < -0.4 is 11.1 Å². The fourth-order valence-electron chi connectivity index (χ4n) is 2.06. The van der Waals surface area contributed by atoms with Crippen molar-refractivity contribution in [2.24, 2.45) is 12.8 Å². The van der Waals surface area contributed by atoms with Crippen molar-refractivity contribution in [3.05, 3.63) is 45.7 Å². The summed E-state index contributed by atoms with van der Waals surface area (Å²) < 4.78 is 2.61. The van der Waals surface area contributed by atoms with Gasteiger partial charge in [-0.1, -0.05) is 15.9 Å². The molecule has 0 fully saturated rings. The number of nitrogens with zero attached hydrogens (tertiary/aromatic N) is 2. The second-order valence-electron chi connectivity index (χ2n) is 4.83. The van der Waals surface area contributed by atoms with Crippen molar-refractivity contribution >= 4 is 27.5 Å². The first-order valence-electron chi connectivity index (χ1n) is 6.20. The number of nitrogens with one attached hydrogen (secondary N) is 1. The lowest BCUT2D eigenvalue weighted by Gasteiger charge is -2.15. The van der Waals surface area contributed by atoms with E-state index in [1.54, 1.807) is 24.1 Å². The predicted octanol–water partition coefficient (Wildman–Crippen LogP) is 2.44. The van der Waals surface area contributed by atoms with Crippen LogP contribution in [0, 0.1) is 13.8 Å². The second kappa shape index (κ2) is 5.76. The summed E-state index contributed by atoms with van der Waals surface area (Å²) in [4.78, 5) is 12.2. The van der Waals surface area contributed by atoms with Crippen LogP contribution in [0.5, 0.6) is 0 Å². The molecule has 0 bridgehead atoms. The Morgan fingerprint density at radius 3 is 2.50 bits per heavy atom. The third kappa shape index (κ3) is 3.08. The molecule has 6 heteroatoms. The van der Waals surface area contributed by atoms with E-state index in [-0.39, 0.29) is 5.91 Å². The van der Waals surface area contributed by atoms with Gasteiger partial charge in [-0.2, -0.15) is 5.10 Å². The van der Waals surface area contributed by atoms with Crippen molar-refractivity contribution in [1.29, 1.82) is 0 Å². The van der Waals surface area contributed by atoms with E-state index in [9.17, 15) is 4.79 Å². The SMILES string of the molecule is Cc1cc(Br)cc(C)c1NC(=O)C(N)c1cnn(C)c1. The van der Waals surface area contributed by atoms with Crippen LogP contribution in [-0.2, 0) is 11.8 Å². The van der Waals surface area contributed by atoms with Crippen LogP contribution in [0.3, 0.4) is 0 Å². The van der Waals surface area contributed by atoms with E-state index in [1.807, 2.05) is 26.0 Å². The highest BCUT2D eigenvalue weighted by Gasteiger charge is 2.19. The molecule has 1 atom stereocenters.